The van der Waals surface area contributed by atoms with Crippen LogP contribution in [0.5, 0.6) is 5.75 Å². The van der Waals surface area contributed by atoms with Crippen molar-refractivity contribution in [2.45, 2.75) is 59.5 Å². The second-order valence-electron chi connectivity index (χ2n) is 8.63. The third-order valence-electron chi connectivity index (χ3n) is 3.99. The van der Waals surface area contributed by atoms with Gasteiger partial charge in [0.05, 0.1) is 6.04 Å². The zero-order valence-electron chi connectivity index (χ0n) is 15.6. The number of fused-ring (bicyclic) bond motifs is 1. The average Bonchev–Trinajstić information content (AvgIpc) is 2.43. The van der Waals surface area contributed by atoms with Crippen molar-refractivity contribution in [2.75, 3.05) is 0 Å². The molecule has 130 valence electrons. The summed E-state index contributed by atoms with van der Waals surface area (Å²) in [6, 6.07) is 11.3. The molecule has 0 saturated heterocycles. The van der Waals surface area contributed by atoms with Crippen LogP contribution < -0.4 is 5.32 Å². The van der Waals surface area contributed by atoms with Crippen LogP contribution in [0.3, 0.4) is 0 Å². The number of Topliss-reactive ketones (excluding diaryl/α,β-unsaturated/α-hetero) is 1. The number of aromatic hydroxyl groups is 1. The molecule has 3 heteroatoms. The van der Waals surface area contributed by atoms with E-state index in [1.165, 1.54) is 0 Å². The minimum Gasteiger partial charge on any atom is -0.508 e. The standard InChI is InChI=1S/C21H29NO2/c1-20(2,3)19(24)18(22-21(4,5)6)12-14-7-8-15-9-10-17(23)13-16(15)11-14/h7-11,13,18,22-23H,12H2,1-6H3. The highest BCUT2D eigenvalue weighted by molar-refractivity contribution is 5.89. The number of rotatable bonds is 4. The fourth-order valence-electron chi connectivity index (χ4n) is 2.90. The Labute approximate surface area is 145 Å². The van der Waals surface area contributed by atoms with Gasteiger partial charge in [-0.2, -0.15) is 0 Å². The predicted octanol–water partition coefficient (Wildman–Crippen LogP) is 4.46. The summed E-state index contributed by atoms with van der Waals surface area (Å²) < 4.78 is 0. The Bertz CT molecular complexity index is 736. The first kappa shape index (κ1) is 18.5. The van der Waals surface area contributed by atoms with E-state index in [-0.39, 0.29) is 23.1 Å². The van der Waals surface area contributed by atoms with Crippen LogP contribution in [0.15, 0.2) is 36.4 Å². The highest BCUT2D eigenvalue weighted by Crippen LogP contribution is 2.24. The van der Waals surface area contributed by atoms with Crippen LogP contribution in [0, 0.1) is 5.41 Å². The van der Waals surface area contributed by atoms with Gasteiger partial charge in [-0.3, -0.25) is 4.79 Å². The van der Waals surface area contributed by atoms with Crippen molar-refractivity contribution in [3.8, 4) is 5.75 Å². The lowest BCUT2D eigenvalue weighted by atomic mass is 9.83. The first-order valence-corrected chi connectivity index (χ1v) is 8.49. The first-order chi connectivity index (χ1) is 11.0. The Morgan fingerprint density at radius 3 is 2.21 bits per heavy atom. The molecule has 0 radical (unpaired) electrons. The third-order valence-corrected chi connectivity index (χ3v) is 3.99. The molecule has 0 fully saturated rings. The molecule has 2 N–H and O–H groups in total. The normalized spacial score (nSPS) is 13.9. The van der Waals surface area contributed by atoms with Gasteiger partial charge < -0.3 is 10.4 Å². The van der Waals surface area contributed by atoms with Crippen LogP contribution in [0.4, 0.5) is 0 Å². The minimum absolute atomic E-state index is 0.138. The molecule has 0 aromatic heterocycles. The van der Waals surface area contributed by atoms with Crippen molar-refractivity contribution in [3.05, 3.63) is 42.0 Å². The van der Waals surface area contributed by atoms with Gasteiger partial charge in [0.2, 0.25) is 0 Å². The van der Waals surface area contributed by atoms with Gasteiger partial charge in [-0.15, -0.1) is 0 Å². The fourth-order valence-corrected chi connectivity index (χ4v) is 2.90. The van der Waals surface area contributed by atoms with Crippen LogP contribution in [-0.4, -0.2) is 22.5 Å². The molecule has 2 aromatic rings. The Kier molecular flexibility index (Phi) is 5.05. The molecule has 24 heavy (non-hydrogen) atoms. The molecule has 0 spiro atoms. The number of phenols is 1. The van der Waals surface area contributed by atoms with E-state index >= 15 is 0 Å². The topological polar surface area (TPSA) is 49.3 Å². The summed E-state index contributed by atoms with van der Waals surface area (Å²) in [6.45, 7) is 12.1. The Balaban J connectivity index is 2.33. The molecule has 0 aliphatic rings. The monoisotopic (exact) mass is 327 g/mol. The molecule has 1 unspecified atom stereocenters. The summed E-state index contributed by atoms with van der Waals surface area (Å²) in [7, 11) is 0. The summed E-state index contributed by atoms with van der Waals surface area (Å²) >= 11 is 0. The van der Waals surface area contributed by atoms with E-state index in [4.69, 9.17) is 0 Å². The predicted molar refractivity (Wildman–Crippen MR) is 100 cm³/mol. The molecular weight excluding hydrogens is 298 g/mol. The van der Waals surface area contributed by atoms with E-state index in [1.54, 1.807) is 12.1 Å². The number of carbonyl (C=O) groups is 1. The number of nitrogens with one attached hydrogen (secondary N) is 1. The number of hydrogen-bond donors (Lipinski definition) is 2. The molecule has 0 aliphatic carbocycles. The molecule has 0 bridgehead atoms. The van der Waals surface area contributed by atoms with E-state index in [9.17, 15) is 9.90 Å². The molecule has 2 rings (SSSR count). The van der Waals surface area contributed by atoms with Gasteiger partial charge in [-0.25, -0.2) is 0 Å². The lowest BCUT2D eigenvalue weighted by Crippen LogP contribution is -2.51. The zero-order chi connectivity index (χ0) is 18.1. The number of benzene rings is 2. The lowest BCUT2D eigenvalue weighted by molar-refractivity contribution is -0.128. The minimum atomic E-state index is -0.391. The third kappa shape index (κ3) is 4.81. The van der Waals surface area contributed by atoms with Crippen molar-refractivity contribution >= 4 is 16.6 Å². The molecule has 1 atom stereocenters. The zero-order valence-corrected chi connectivity index (χ0v) is 15.6. The number of ketones is 1. The average molecular weight is 327 g/mol. The van der Waals surface area contributed by atoms with Crippen LogP contribution in [0.1, 0.15) is 47.1 Å². The van der Waals surface area contributed by atoms with Gasteiger partial charge in [0.25, 0.3) is 0 Å². The van der Waals surface area contributed by atoms with Crippen LogP contribution in [0.2, 0.25) is 0 Å². The fraction of sp³-hybridized carbons (Fsp3) is 0.476. The number of carbonyl (C=O) groups excluding carboxylic acids is 1. The maximum atomic E-state index is 12.9. The van der Waals surface area contributed by atoms with Gasteiger partial charge in [0.1, 0.15) is 5.75 Å². The quantitative estimate of drug-likeness (QED) is 0.871. The van der Waals surface area contributed by atoms with E-state index < -0.39 is 5.41 Å². The lowest BCUT2D eigenvalue weighted by Gasteiger charge is -2.32. The van der Waals surface area contributed by atoms with Crippen molar-refractivity contribution in [3.63, 3.8) is 0 Å². The Hall–Kier alpha value is -1.87. The van der Waals surface area contributed by atoms with E-state index in [0.29, 0.717) is 6.42 Å². The number of hydrogen-bond acceptors (Lipinski definition) is 3. The molecule has 0 saturated carbocycles. The van der Waals surface area contributed by atoms with Crippen molar-refractivity contribution in [1.82, 2.24) is 5.32 Å². The van der Waals surface area contributed by atoms with E-state index in [0.717, 1.165) is 16.3 Å². The molecule has 0 aliphatic heterocycles. The van der Waals surface area contributed by atoms with Crippen LogP contribution in [-0.2, 0) is 11.2 Å². The summed E-state index contributed by atoms with van der Waals surface area (Å²) in [6.07, 6.45) is 0.638. The van der Waals surface area contributed by atoms with E-state index in [2.05, 4.69) is 38.2 Å². The molecule has 2 aromatic carbocycles. The van der Waals surface area contributed by atoms with Gasteiger partial charge >= 0.3 is 0 Å². The SMILES string of the molecule is CC(C)(C)NC(Cc1ccc2ccc(O)cc2c1)C(=O)C(C)(C)C. The van der Waals surface area contributed by atoms with Gasteiger partial charge in [0.15, 0.2) is 5.78 Å². The van der Waals surface area contributed by atoms with Gasteiger partial charge in [-0.05, 0) is 55.7 Å². The number of phenolic OH excluding ortho intramolecular Hbond substituents is 1. The Morgan fingerprint density at radius 1 is 1.00 bits per heavy atom. The van der Waals surface area contributed by atoms with Crippen molar-refractivity contribution in [2.24, 2.45) is 5.41 Å². The Morgan fingerprint density at radius 2 is 1.62 bits per heavy atom. The van der Waals surface area contributed by atoms with Crippen molar-refractivity contribution in [1.29, 1.82) is 0 Å². The summed E-state index contributed by atoms with van der Waals surface area (Å²) in [5.41, 5.74) is 0.561. The molecule has 0 heterocycles. The summed E-state index contributed by atoms with van der Waals surface area (Å²) in [5, 5.41) is 15.2. The van der Waals surface area contributed by atoms with E-state index in [1.807, 2.05) is 32.9 Å². The van der Waals surface area contributed by atoms with Gasteiger partial charge in [-0.1, -0.05) is 45.0 Å². The van der Waals surface area contributed by atoms with Crippen molar-refractivity contribution < 1.29 is 9.90 Å². The second-order valence-corrected chi connectivity index (χ2v) is 8.63. The first-order valence-electron chi connectivity index (χ1n) is 8.49. The largest absolute Gasteiger partial charge is 0.508 e. The highest BCUT2D eigenvalue weighted by atomic mass is 16.3. The van der Waals surface area contributed by atoms with Crippen LogP contribution >= 0.6 is 0 Å². The summed E-state index contributed by atoms with van der Waals surface area (Å²) in [5.74, 6) is 0.475. The maximum absolute atomic E-state index is 12.9. The molecule has 0 amide bonds. The smallest absolute Gasteiger partial charge is 0.155 e. The maximum Gasteiger partial charge on any atom is 0.155 e. The molecular formula is C21H29NO2. The van der Waals surface area contributed by atoms with Crippen LogP contribution in [0.25, 0.3) is 10.8 Å². The van der Waals surface area contributed by atoms with Gasteiger partial charge in [0, 0.05) is 11.0 Å². The molecule has 3 nitrogen and oxygen atoms in total. The summed E-state index contributed by atoms with van der Waals surface area (Å²) in [4.78, 5) is 12.9. The second kappa shape index (κ2) is 6.56. The highest BCUT2D eigenvalue weighted by Gasteiger charge is 2.32.